The zero-order chi connectivity index (χ0) is 13.2. The third kappa shape index (κ3) is 2.85. The molecular weight excluding hydrogens is 222 g/mol. The molecule has 5 nitrogen and oxygen atoms in total. The van der Waals surface area contributed by atoms with E-state index in [9.17, 15) is 14.7 Å². The Labute approximate surface area is 101 Å². The van der Waals surface area contributed by atoms with Crippen LogP contribution in [0.4, 0.5) is 0 Å². The number of carbonyl (C=O) groups excluding carboxylic acids is 2. The lowest BCUT2D eigenvalue weighted by molar-refractivity contribution is -0.138. The van der Waals surface area contributed by atoms with Crippen molar-refractivity contribution in [2.45, 2.75) is 39.3 Å². The highest BCUT2D eigenvalue weighted by Gasteiger charge is 2.39. The smallest absolute Gasteiger partial charge is 0.334 e. The van der Waals surface area contributed by atoms with Gasteiger partial charge in [0.15, 0.2) is 0 Å². The third-order valence-electron chi connectivity index (χ3n) is 2.88. The maximum Gasteiger partial charge on any atom is 0.334 e. The molecule has 0 aromatic heterocycles. The molecule has 96 valence electrons. The summed E-state index contributed by atoms with van der Waals surface area (Å²) in [6, 6.07) is -0.000513. The number of esters is 1. The van der Waals surface area contributed by atoms with E-state index in [1.165, 1.54) is 7.11 Å². The number of carbonyl (C=O) groups is 2. The molecule has 0 fully saturated rings. The van der Waals surface area contributed by atoms with Gasteiger partial charge in [0.2, 0.25) is 5.91 Å². The summed E-state index contributed by atoms with van der Waals surface area (Å²) >= 11 is 0. The number of methoxy groups -OCH3 is 1. The molecule has 1 amide bonds. The van der Waals surface area contributed by atoms with Crippen molar-refractivity contribution in [3.05, 3.63) is 11.1 Å². The zero-order valence-corrected chi connectivity index (χ0v) is 10.6. The van der Waals surface area contributed by atoms with Crippen LogP contribution < -0.4 is 5.32 Å². The molecule has 0 unspecified atom stereocenters. The van der Waals surface area contributed by atoms with E-state index in [2.05, 4.69) is 10.1 Å². The van der Waals surface area contributed by atoms with Gasteiger partial charge in [-0.1, -0.05) is 0 Å². The summed E-state index contributed by atoms with van der Waals surface area (Å²) in [5.41, 5.74) is 0.818. The lowest BCUT2D eigenvalue weighted by Crippen LogP contribution is -2.37. The van der Waals surface area contributed by atoms with Crippen LogP contribution in [0.3, 0.4) is 0 Å². The molecule has 0 aromatic rings. The number of aliphatic hydroxyl groups excluding tert-OH is 1. The van der Waals surface area contributed by atoms with Crippen LogP contribution in [0.15, 0.2) is 11.1 Å². The van der Waals surface area contributed by atoms with Crippen LogP contribution in [0.1, 0.15) is 27.2 Å². The van der Waals surface area contributed by atoms with Crippen molar-refractivity contribution in [3.8, 4) is 0 Å². The first-order chi connectivity index (χ1) is 7.88. The van der Waals surface area contributed by atoms with Gasteiger partial charge in [-0.3, -0.25) is 4.79 Å². The summed E-state index contributed by atoms with van der Waals surface area (Å²) < 4.78 is 4.65. The van der Waals surface area contributed by atoms with E-state index in [1.807, 2.05) is 13.8 Å². The van der Waals surface area contributed by atoms with Crippen LogP contribution in [0, 0.1) is 5.92 Å². The van der Waals surface area contributed by atoms with E-state index < -0.39 is 18.0 Å². The standard InChI is InChI=1S/C12H19NO4/c1-6(2)13-11(15)8-5-9(14)7(3)10(8)12(16)17-4/h6,8-9,14H,5H2,1-4H3,(H,13,15)/t8-,9+/m0/s1. The van der Waals surface area contributed by atoms with Gasteiger partial charge in [-0.2, -0.15) is 0 Å². The van der Waals surface area contributed by atoms with Crippen LogP contribution in [-0.4, -0.2) is 36.2 Å². The lowest BCUT2D eigenvalue weighted by atomic mass is 9.99. The van der Waals surface area contributed by atoms with Crippen LogP contribution in [0.5, 0.6) is 0 Å². The molecule has 17 heavy (non-hydrogen) atoms. The minimum atomic E-state index is -0.744. The quantitative estimate of drug-likeness (QED) is 0.700. The summed E-state index contributed by atoms with van der Waals surface area (Å²) in [5.74, 6) is -1.39. The molecule has 2 atom stereocenters. The normalized spacial score (nSPS) is 24.1. The Balaban J connectivity index is 2.94. The number of hydrogen-bond donors (Lipinski definition) is 2. The van der Waals surface area contributed by atoms with E-state index in [0.29, 0.717) is 5.57 Å². The molecule has 5 heteroatoms. The number of aliphatic hydroxyl groups is 1. The first kappa shape index (κ1) is 13.7. The first-order valence-electron chi connectivity index (χ1n) is 5.65. The predicted molar refractivity (Wildman–Crippen MR) is 62.1 cm³/mol. The number of ether oxygens (including phenoxy) is 1. The Morgan fingerprint density at radius 2 is 2.06 bits per heavy atom. The molecule has 0 saturated heterocycles. The van der Waals surface area contributed by atoms with Gasteiger partial charge in [-0.15, -0.1) is 0 Å². The molecule has 0 heterocycles. The maximum absolute atomic E-state index is 11.9. The molecular formula is C12H19NO4. The summed E-state index contributed by atoms with van der Waals surface area (Å²) in [6.07, 6.45) is -0.499. The average Bonchev–Trinajstić information content (AvgIpc) is 2.54. The van der Waals surface area contributed by atoms with Crippen molar-refractivity contribution >= 4 is 11.9 Å². The van der Waals surface area contributed by atoms with Gasteiger partial charge in [-0.05, 0) is 32.8 Å². The van der Waals surface area contributed by atoms with Crippen LogP contribution >= 0.6 is 0 Å². The van der Waals surface area contributed by atoms with Crippen molar-refractivity contribution in [1.82, 2.24) is 5.32 Å². The van der Waals surface area contributed by atoms with Crippen LogP contribution in [-0.2, 0) is 14.3 Å². The van der Waals surface area contributed by atoms with Gasteiger partial charge in [0.25, 0.3) is 0 Å². The molecule has 0 radical (unpaired) electrons. The van der Waals surface area contributed by atoms with Crippen LogP contribution in [0.2, 0.25) is 0 Å². The van der Waals surface area contributed by atoms with Gasteiger partial charge in [-0.25, -0.2) is 4.79 Å². The summed E-state index contributed by atoms with van der Waals surface area (Å²) in [4.78, 5) is 23.5. The van der Waals surface area contributed by atoms with Crippen molar-refractivity contribution in [1.29, 1.82) is 0 Å². The highest BCUT2D eigenvalue weighted by molar-refractivity contribution is 5.98. The average molecular weight is 241 g/mol. The van der Waals surface area contributed by atoms with E-state index in [1.54, 1.807) is 6.92 Å². The summed E-state index contributed by atoms with van der Waals surface area (Å²) in [7, 11) is 1.27. The Morgan fingerprint density at radius 1 is 1.47 bits per heavy atom. The highest BCUT2D eigenvalue weighted by atomic mass is 16.5. The second-order valence-corrected chi connectivity index (χ2v) is 4.56. The Kier molecular flexibility index (Phi) is 4.28. The zero-order valence-electron chi connectivity index (χ0n) is 10.6. The van der Waals surface area contributed by atoms with E-state index in [0.717, 1.165) is 0 Å². The SMILES string of the molecule is COC(=O)C1=C(C)[C@H](O)C[C@@H]1C(=O)NC(C)C. The summed E-state index contributed by atoms with van der Waals surface area (Å²) in [5, 5.41) is 12.5. The molecule has 0 saturated carbocycles. The number of hydrogen-bond acceptors (Lipinski definition) is 4. The Bertz CT molecular complexity index is 360. The van der Waals surface area contributed by atoms with Gasteiger partial charge in [0, 0.05) is 6.04 Å². The topological polar surface area (TPSA) is 75.6 Å². The van der Waals surface area contributed by atoms with Gasteiger partial charge in [0.1, 0.15) is 0 Å². The van der Waals surface area contributed by atoms with Crippen molar-refractivity contribution < 1.29 is 19.4 Å². The molecule has 0 aromatic carbocycles. The molecule has 0 aliphatic heterocycles. The number of nitrogens with one attached hydrogen (secondary N) is 1. The Morgan fingerprint density at radius 3 is 2.53 bits per heavy atom. The first-order valence-corrected chi connectivity index (χ1v) is 5.65. The maximum atomic E-state index is 11.9. The van der Waals surface area contributed by atoms with Gasteiger partial charge in [0.05, 0.1) is 24.7 Å². The molecule has 0 bridgehead atoms. The van der Waals surface area contributed by atoms with Crippen molar-refractivity contribution in [2.75, 3.05) is 7.11 Å². The molecule has 1 aliphatic carbocycles. The van der Waals surface area contributed by atoms with Crippen LogP contribution in [0.25, 0.3) is 0 Å². The van der Waals surface area contributed by atoms with Gasteiger partial charge >= 0.3 is 5.97 Å². The minimum absolute atomic E-state index is 0.000513. The molecule has 1 rings (SSSR count). The fourth-order valence-electron chi connectivity index (χ4n) is 2.01. The highest BCUT2D eigenvalue weighted by Crippen LogP contribution is 2.33. The van der Waals surface area contributed by atoms with E-state index in [4.69, 9.17) is 0 Å². The number of rotatable bonds is 3. The van der Waals surface area contributed by atoms with Crippen molar-refractivity contribution in [3.63, 3.8) is 0 Å². The summed E-state index contributed by atoms with van der Waals surface area (Å²) in [6.45, 7) is 5.34. The van der Waals surface area contributed by atoms with E-state index >= 15 is 0 Å². The molecule has 0 spiro atoms. The molecule has 2 N–H and O–H groups in total. The van der Waals surface area contributed by atoms with E-state index in [-0.39, 0.29) is 23.9 Å². The Hall–Kier alpha value is -1.36. The fraction of sp³-hybridized carbons (Fsp3) is 0.667. The minimum Gasteiger partial charge on any atom is -0.466 e. The molecule has 1 aliphatic rings. The van der Waals surface area contributed by atoms with Crippen molar-refractivity contribution in [2.24, 2.45) is 5.92 Å². The monoisotopic (exact) mass is 241 g/mol. The lowest BCUT2D eigenvalue weighted by Gasteiger charge is -2.15. The fourth-order valence-corrected chi connectivity index (χ4v) is 2.01. The third-order valence-corrected chi connectivity index (χ3v) is 2.88. The largest absolute Gasteiger partial charge is 0.466 e. The second kappa shape index (κ2) is 5.31. The second-order valence-electron chi connectivity index (χ2n) is 4.56. The van der Waals surface area contributed by atoms with Gasteiger partial charge < -0.3 is 15.2 Å². The number of amides is 1. The predicted octanol–water partition coefficient (Wildman–Crippen LogP) is 0.381.